The van der Waals surface area contributed by atoms with Crippen molar-refractivity contribution < 1.29 is 4.79 Å². The maximum absolute atomic E-state index is 11.9. The molecule has 0 saturated heterocycles. The number of amides is 1. The van der Waals surface area contributed by atoms with E-state index in [0.717, 1.165) is 12.8 Å². The molecule has 1 aromatic rings. The van der Waals surface area contributed by atoms with Gasteiger partial charge in [-0.1, -0.05) is 48.5 Å². The minimum absolute atomic E-state index is 0.0903. The van der Waals surface area contributed by atoms with Crippen molar-refractivity contribution in [2.75, 3.05) is 11.9 Å². The Hall–Kier alpha value is -0.930. The van der Waals surface area contributed by atoms with Crippen LogP contribution in [0.3, 0.4) is 0 Å². The molecule has 0 aliphatic heterocycles. The summed E-state index contributed by atoms with van der Waals surface area (Å²) in [4.78, 5) is 11.9. The number of halogens is 2. The van der Waals surface area contributed by atoms with Crippen molar-refractivity contribution in [1.29, 1.82) is 0 Å². The summed E-state index contributed by atoms with van der Waals surface area (Å²) in [6.07, 6.45) is 6.37. The molecule has 1 amide bonds. The Balaban J connectivity index is 1.73. The van der Waals surface area contributed by atoms with Gasteiger partial charge in [-0.2, -0.15) is 0 Å². The van der Waals surface area contributed by atoms with Crippen LogP contribution in [0.2, 0.25) is 10.0 Å². The number of hydrogen-bond acceptors (Lipinski definition) is 2. The van der Waals surface area contributed by atoms with Crippen LogP contribution in [0, 0.1) is 0 Å². The third-order valence-electron chi connectivity index (χ3n) is 3.59. The summed E-state index contributed by atoms with van der Waals surface area (Å²) in [6, 6.07) is 5.71. The number of nitrogens with one attached hydrogen (secondary N) is 2. The van der Waals surface area contributed by atoms with Gasteiger partial charge in [-0.15, -0.1) is 0 Å². The third kappa shape index (κ3) is 4.57. The molecule has 1 aliphatic rings. The van der Waals surface area contributed by atoms with E-state index in [9.17, 15) is 4.79 Å². The van der Waals surface area contributed by atoms with Crippen LogP contribution < -0.4 is 10.6 Å². The van der Waals surface area contributed by atoms with Gasteiger partial charge in [0.15, 0.2) is 0 Å². The summed E-state index contributed by atoms with van der Waals surface area (Å²) < 4.78 is 0. The van der Waals surface area contributed by atoms with Crippen molar-refractivity contribution in [3.05, 3.63) is 28.2 Å². The lowest BCUT2D eigenvalue weighted by Gasteiger charge is -2.22. The quantitative estimate of drug-likeness (QED) is 0.853. The number of carbonyl (C=O) groups excluding carboxylic acids is 1. The van der Waals surface area contributed by atoms with Gasteiger partial charge >= 0.3 is 0 Å². The van der Waals surface area contributed by atoms with Gasteiger partial charge in [-0.3, -0.25) is 4.79 Å². The van der Waals surface area contributed by atoms with Crippen LogP contribution in [0.1, 0.15) is 38.5 Å². The maximum atomic E-state index is 11.9. The fourth-order valence-electron chi connectivity index (χ4n) is 2.51. The van der Waals surface area contributed by atoms with E-state index in [1.807, 2.05) is 0 Å². The predicted molar refractivity (Wildman–Crippen MR) is 84.6 cm³/mol. The molecule has 20 heavy (non-hydrogen) atoms. The molecule has 0 radical (unpaired) electrons. The van der Waals surface area contributed by atoms with Crippen LogP contribution in [0.4, 0.5) is 5.69 Å². The zero-order valence-electron chi connectivity index (χ0n) is 11.4. The zero-order chi connectivity index (χ0) is 14.4. The highest BCUT2D eigenvalue weighted by molar-refractivity contribution is 6.39. The third-order valence-corrected chi connectivity index (χ3v) is 4.22. The first-order valence-electron chi connectivity index (χ1n) is 7.14. The average molecular weight is 315 g/mol. The Morgan fingerprint density at radius 2 is 1.80 bits per heavy atom. The van der Waals surface area contributed by atoms with Gasteiger partial charge in [0.25, 0.3) is 0 Å². The number of para-hydroxylation sites is 1. The molecule has 3 nitrogen and oxygen atoms in total. The Morgan fingerprint density at radius 3 is 2.45 bits per heavy atom. The lowest BCUT2D eigenvalue weighted by atomic mass is 9.95. The van der Waals surface area contributed by atoms with E-state index in [0.29, 0.717) is 34.7 Å². The SMILES string of the molecule is O=C(CCNc1c(Cl)cccc1Cl)NC1CCCCC1. The molecule has 0 spiro atoms. The molecule has 0 atom stereocenters. The highest BCUT2D eigenvalue weighted by Crippen LogP contribution is 2.29. The van der Waals surface area contributed by atoms with Crippen LogP contribution in [0.15, 0.2) is 18.2 Å². The first-order chi connectivity index (χ1) is 9.66. The van der Waals surface area contributed by atoms with Crippen LogP contribution in [-0.4, -0.2) is 18.5 Å². The maximum Gasteiger partial charge on any atom is 0.221 e. The van der Waals surface area contributed by atoms with E-state index < -0.39 is 0 Å². The Bertz CT molecular complexity index is 439. The normalized spacial score (nSPS) is 15.9. The number of rotatable bonds is 5. The summed E-state index contributed by atoms with van der Waals surface area (Å²) in [7, 11) is 0. The topological polar surface area (TPSA) is 41.1 Å². The standard InChI is InChI=1S/C15H20Cl2N2O/c16-12-7-4-8-13(17)15(12)18-10-9-14(20)19-11-5-2-1-3-6-11/h4,7-8,11,18H,1-3,5-6,9-10H2,(H,19,20). The molecule has 2 N–H and O–H groups in total. The molecule has 1 saturated carbocycles. The second-order valence-corrected chi connectivity index (χ2v) is 5.99. The first kappa shape index (κ1) is 15.5. The van der Waals surface area contributed by atoms with Crippen LogP contribution in [0.5, 0.6) is 0 Å². The Kier molecular flexibility index (Phi) is 5.99. The monoisotopic (exact) mass is 314 g/mol. The van der Waals surface area contributed by atoms with E-state index in [1.165, 1.54) is 19.3 Å². The summed E-state index contributed by atoms with van der Waals surface area (Å²) >= 11 is 12.1. The second-order valence-electron chi connectivity index (χ2n) is 5.18. The molecule has 1 aromatic carbocycles. The van der Waals surface area contributed by atoms with E-state index in [2.05, 4.69) is 10.6 Å². The summed E-state index contributed by atoms with van der Waals surface area (Å²) in [5, 5.41) is 7.36. The minimum Gasteiger partial charge on any atom is -0.382 e. The van der Waals surface area contributed by atoms with E-state index in [1.54, 1.807) is 18.2 Å². The highest BCUT2D eigenvalue weighted by Gasteiger charge is 2.15. The lowest BCUT2D eigenvalue weighted by molar-refractivity contribution is -0.121. The van der Waals surface area contributed by atoms with Crippen molar-refractivity contribution in [2.24, 2.45) is 0 Å². The molecule has 1 aliphatic carbocycles. The van der Waals surface area contributed by atoms with Gasteiger partial charge < -0.3 is 10.6 Å². The van der Waals surface area contributed by atoms with Gasteiger partial charge in [-0.25, -0.2) is 0 Å². The van der Waals surface area contributed by atoms with Gasteiger partial charge in [0, 0.05) is 19.0 Å². The van der Waals surface area contributed by atoms with Crippen molar-refractivity contribution >= 4 is 34.8 Å². The fraction of sp³-hybridized carbons (Fsp3) is 0.533. The Labute approximate surface area is 130 Å². The predicted octanol–water partition coefficient (Wildman–Crippen LogP) is 4.24. The second kappa shape index (κ2) is 7.75. The van der Waals surface area contributed by atoms with Crippen LogP contribution in [0.25, 0.3) is 0 Å². The largest absolute Gasteiger partial charge is 0.382 e. The molecule has 2 rings (SSSR count). The molecule has 110 valence electrons. The molecule has 0 bridgehead atoms. The lowest BCUT2D eigenvalue weighted by Crippen LogP contribution is -2.36. The van der Waals surface area contributed by atoms with E-state index >= 15 is 0 Å². The van der Waals surface area contributed by atoms with Gasteiger partial charge in [0.05, 0.1) is 15.7 Å². The number of benzene rings is 1. The van der Waals surface area contributed by atoms with Crippen molar-refractivity contribution in [3.63, 3.8) is 0 Å². The molecule has 1 fully saturated rings. The number of hydrogen-bond donors (Lipinski definition) is 2. The van der Waals surface area contributed by atoms with Crippen molar-refractivity contribution in [1.82, 2.24) is 5.32 Å². The molecule has 0 aromatic heterocycles. The number of carbonyl (C=O) groups is 1. The van der Waals surface area contributed by atoms with Crippen molar-refractivity contribution in [2.45, 2.75) is 44.6 Å². The number of anilines is 1. The minimum atomic E-state index is 0.0903. The van der Waals surface area contributed by atoms with Gasteiger partial charge in [0.1, 0.15) is 0 Å². The smallest absolute Gasteiger partial charge is 0.221 e. The summed E-state index contributed by atoms with van der Waals surface area (Å²) in [6.45, 7) is 0.530. The Morgan fingerprint density at radius 1 is 1.15 bits per heavy atom. The van der Waals surface area contributed by atoms with Crippen LogP contribution in [-0.2, 0) is 4.79 Å². The highest BCUT2D eigenvalue weighted by atomic mass is 35.5. The van der Waals surface area contributed by atoms with E-state index in [-0.39, 0.29) is 5.91 Å². The van der Waals surface area contributed by atoms with Gasteiger partial charge in [-0.05, 0) is 25.0 Å². The van der Waals surface area contributed by atoms with Crippen molar-refractivity contribution in [3.8, 4) is 0 Å². The summed E-state index contributed by atoms with van der Waals surface area (Å²) in [5.74, 6) is 0.0903. The molecular weight excluding hydrogens is 295 g/mol. The zero-order valence-corrected chi connectivity index (χ0v) is 12.9. The molecule has 5 heteroatoms. The van der Waals surface area contributed by atoms with Crippen LogP contribution >= 0.6 is 23.2 Å². The average Bonchev–Trinajstić information content (AvgIpc) is 2.43. The summed E-state index contributed by atoms with van der Waals surface area (Å²) in [5.41, 5.74) is 0.696. The molecule has 0 unspecified atom stereocenters. The molecule has 0 heterocycles. The fourth-order valence-corrected chi connectivity index (χ4v) is 3.05. The van der Waals surface area contributed by atoms with Gasteiger partial charge in [0.2, 0.25) is 5.91 Å². The molecular formula is C15H20Cl2N2O. The first-order valence-corrected chi connectivity index (χ1v) is 7.89. The van der Waals surface area contributed by atoms with E-state index in [4.69, 9.17) is 23.2 Å².